The number of carboxylic acid groups (broad SMARTS) is 1. The van der Waals surface area contributed by atoms with Crippen molar-refractivity contribution >= 4 is 17.6 Å². The number of methoxy groups -OCH3 is 1. The number of halogens is 1. The standard InChI is InChI=1S/C24H27ClO4/c1-14(2)18-13-19(17-7-5-6-8-21(17)25)15(3)29-24(18)20-11-16(12-23(26)27)9-10-22(20)28-4/h5-11,15,18-19,24H,1,12-13H2,2-4H3,(H,26,27)/t15-,18+,19-,24-/m0/s1. The molecule has 0 saturated carbocycles. The van der Waals surface area contributed by atoms with Crippen LogP contribution in [0, 0.1) is 5.92 Å². The summed E-state index contributed by atoms with van der Waals surface area (Å²) < 4.78 is 12.1. The molecule has 0 radical (unpaired) electrons. The van der Waals surface area contributed by atoms with Gasteiger partial charge in [-0.1, -0.05) is 48.0 Å². The van der Waals surface area contributed by atoms with Crippen molar-refractivity contribution in [3.8, 4) is 5.75 Å². The molecular weight excluding hydrogens is 388 g/mol. The van der Waals surface area contributed by atoms with E-state index in [0.29, 0.717) is 5.75 Å². The van der Waals surface area contributed by atoms with Crippen molar-refractivity contribution in [1.82, 2.24) is 0 Å². The molecule has 0 aromatic heterocycles. The van der Waals surface area contributed by atoms with Gasteiger partial charge in [-0.15, -0.1) is 0 Å². The van der Waals surface area contributed by atoms with Crippen LogP contribution < -0.4 is 4.74 Å². The van der Waals surface area contributed by atoms with Crippen LogP contribution in [0.25, 0.3) is 0 Å². The molecule has 1 aliphatic rings. The molecule has 0 bridgehead atoms. The van der Waals surface area contributed by atoms with Gasteiger partial charge in [0.1, 0.15) is 5.75 Å². The Kier molecular flexibility index (Phi) is 6.66. The molecule has 0 aliphatic carbocycles. The monoisotopic (exact) mass is 414 g/mol. The molecule has 29 heavy (non-hydrogen) atoms. The van der Waals surface area contributed by atoms with E-state index in [2.05, 4.69) is 19.6 Å². The highest BCUT2D eigenvalue weighted by atomic mass is 35.5. The maximum absolute atomic E-state index is 11.2. The van der Waals surface area contributed by atoms with Crippen LogP contribution in [-0.2, 0) is 16.0 Å². The maximum Gasteiger partial charge on any atom is 0.307 e. The molecule has 154 valence electrons. The first-order chi connectivity index (χ1) is 13.8. The maximum atomic E-state index is 11.2. The summed E-state index contributed by atoms with van der Waals surface area (Å²) in [5, 5.41) is 9.92. The SMILES string of the molecule is C=C(C)[C@H]1C[C@H](c2ccccc2Cl)[C@H](C)O[C@@H]1c1cc(CC(=O)O)ccc1OC. The minimum Gasteiger partial charge on any atom is -0.496 e. The first-order valence-corrected chi connectivity index (χ1v) is 10.1. The Bertz CT molecular complexity index is 908. The number of aliphatic carboxylic acids is 1. The van der Waals surface area contributed by atoms with Crippen LogP contribution in [0.2, 0.25) is 5.02 Å². The summed E-state index contributed by atoms with van der Waals surface area (Å²) in [6, 6.07) is 13.4. The van der Waals surface area contributed by atoms with Gasteiger partial charge >= 0.3 is 5.97 Å². The smallest absolute Gasteiger partial charge is 0.307 e. The molecule has 1 saturated heterocycles. The molecule has 0 spiro atoms. The summed E-state index contributed by atoms with van der Waals surface area (Å²) in [6.45, 7) is 8.28. The van der Waals surface area contributed by atoms with Gasteiger partial charge in [0, 0.05) is 22.4 Å². The fourth-order valence-electron chi connectivity index (χ4n) is 4.21. The van der Waals surface area contributed by atoms with E-state index in [1.165, 1.54) is 0 Å². The largest absolute Gasteiger partial charge is 0.496 e. The van der Waals surface area contributed by atoms with Crippen LogP contribution in [-0.4, -0.2) is 24.3 Å². The van der Waals surface area contributed by atoms with Crippen LogP contribution in [0.1, 0.15) is 49.0 Å². The molecule has 5 heteroatoms. The third kappa shape index (κ3) is 4.65. The van der Waals surface area contributed by atoms with Crippen LogP contribution in [0.15, 0.2) is 54.6 Å². The van der Waals surface area contributed by atoms with Gasteiger partial charge in [0.05, 0.1) is 25.7 Å². The van der Waals surface area contributed by atoms with E-state index >= 15 is 0 Å². The van der Waals surface area contributed by atoms with Gasteiger partial charge in [-0.2, -0.15) is 0 Å². The lowest BCUT2D eigenvalue weighted by atomic mass is 9.75. The van der Waals surface area contributed by atoms with E-state index in [1.807, 2.05) is 37.3 Å². The molecule has 3 rings (SSSR count). The minimum absolute atomic E-state index is 0.0424. The molecular formula is C24H27ClO4. The Morgan fingerprint density at radius 1 is 1.28 bits per heavy atom. The van der Waals surface area contributed by atoms with Crippen LogP contribution in [0.3, 0.4) is 0 Å². The van der Waals surface area contributed by atoms with E-state index in [9.17, 15) is 9.90 Å². The molecule has 2 aromatic rings. The summed E-state index contributed by atoms with van der Waals surface area (Å²) in [7, 11) is 1.62. The molecule has 0 amide bonds. The average Bonchev–Trinajstić information content (AvgIpc) is 2.67. The predicted molar refractivity (Wildman–Crippen MR) is 115 cm³/mol. The summed E-state index contributed by atoms with van der Waals surface area (Å²) in [6.07, 6.45) is 0.476. The van der Waals surface area contributed by atoms with E-state index < -0.39 is 5.97 Å². The second-order valence-electron chi connectivity index (χ2n) is 7.73. The Morgan fingerprint density at radius 2 is 2.00 bits per heavy atom. The predicted octanol–water partition coefficient (Wildman–Crippen LogP) is 5.80. The molecule has 1 aliphatic heterocycles. The van der Waals surface area contributed by atoms with Crippen molar-refractivity contribution in [3.63, 3.8) is 0 Å². The quantitative estimate of drug-likeness (QED) is 0.606. The second-order valence-corrected chi connectivity index (χ2v) is 8.13. The number of hydrogen-bond donors (Lipinski definition) is 1. The van der Waals surface area contributed by atoms with E-state index in [0.717, 1.165) is 33.7 Å². The van der Waals surface area contributed by atoms with Crippen molar-refractivity contribution in [2.75, 3.05) is 7.11 Å². The summed E-state index contributed by atoms with van der Waals surface area (Å²) in [4.78, 5) is 11.2. The number of benzene rings is 2. The van der Waals surface area contributed by atoms with Crippen molar-refractivity contribution < 1.29 is 19.4 Å². The number of ether oxygens (including phenoxy) is 2. The number of carboxylic acids is 1. The summed E-state index contributed by atoms with van der Waals surface area (Å²) >= 11 is 6.47. The van der Waals surface area contributed by atoms with Gasteiger partial charge in [0.25, 0.3) is 0 Å². The fraction of sp³-hybridized carbons (Fsp3) is 0.375. The fourth-order valence-corrected chi connectivity index (χ4v) is 4.48. The van der Waals surface area contributed by atoms with Gasteiger partial charge in [-0.25, -0.2) is 0 Å². The Morgan fingerprint density at radius 3 is 2.62 bits per heavy atom. The first-order valence-electron chi connectivity index (χ1n) is 9.75. The summed E-state index contributed by atoms with van der Waals surface area (Å²) in [5.74, 6) is 0.0318. The van der Waals surface area contributed by atoms with Crippen molar-refractivity contribution in [2.24, 2.45) is 5.92 Å². The molecule has 2 aromatic carbocycles. The molecule has 1 N–H and O–H groups in total. The zero-order valence-electron chi connectivity index (χ0n) is 17.0. The van der Waals surface area contributed by atoms with Crippen molar-refractivity contribution in [1.29, 1.82) is 0 Å². The van der Waals surface area contributed by atoms with Crippen LogP contribution in [0.5, 0.6) is 5.75 Å². The first kappa shape index (κ1) is 21.4. The highest BCUT2D eigenvalue weighted by Crippen LogP contribution is 2.49. The van der Waals surface area contributed by atoms with Crippen LogP contribution >= 0.6 is 11.6 Å². The van der Waals surface area contributed by atoms with E-state index in [-0.39, 0.29) is 30.5 Å². The molecule has 0 unspecified atom stereocenters. The van der Waals surface area contributed by atoms with E-state index in [1.54, 1.807) is 13.2 Å². The third-order valence-corrected chi connectivity index (χ3v) is 6.04. The lowest BCUT2D eigenvalue weighted by Crippen LogP contribution is -2.34. The summed E-state index contributed by atoms with van der Waals surface area (Å²) in [5.41, 5.74) is 3.68. The Balaban J connectivity index is 1.99. The van der Waals surface area contributed by atoms with Gasteiger partial charge in [-0.3, -0.25) is 4.79 Å². The zero-order chi connectivity index (χ0) is 21.1. The van der Waals surface area contributed by atoms with Crippen molar-refractivity contribution in [2.45, 2.75) is 44.8 Å². The van der Waals surface area contributed by atoms with Gasteiger partial charge in [-0.05, 0) is 49.6 Å². The van der Waals surface area contributed by atoms with E-state index in [4.69, 9.17) is 21.1 Å². The topological polar surface area (TPSA) is 55.8 Å². The zero-order valence-corrected chi connectivity index (χ0v) is 17.8. The minimum atomic E-state index is -0.866. The molecule has 4 atom stereocenters. The third-order valence-electron chi connectivity index (χ3n) is 5.69. The molecule has 1 heterocycles. The highest BCUT2D eigenvalue weighted by molar-refractivity contribution is 6.31. The Labute approximate surface area is 177 Å². The normalized spacial score (nSPS) is 24.1. The van der Waals surface area contributed by atoms with Crippen LogP contribution in [0.4, 0.5) is 0 Å². The average molecular weight is 415 g/mol. The second kappa shape index (κ2) is 9.02. The number of carbonyl (C=O) groups is 1. The highest BCUT2D eigenvalue weighted by Gasteiger charge is 2.39. The molecule has 4 nitrogen and oxygen atoms in total. The number of rotatable bonds is 6. The van der Waals surface area contributed by atoms with Gasteiger partial charge in [0.2, 0.25) is 0 Å². The lowest BCUT2D eigenvalue weighted by Gasteiger charge is -2.42. The number of hydrogen-bond acceptors (Lipinski definition) is 3. The van der Waals surface area contributed by atoms with Crippen molar-refractivity contribution in [3.05, 3.63) is 76.3 Å². The Hall–Kier alpha value is -2.30. The van der Waals surface area contributed by atoms with Gasteiger partial charge in [0.15, 0.2) is 0 Å². The molecule has 1 fully saturated rings. The van der Waals surface area contributed by atoms with Gasteiger partial charge < -0.3 is 14.6 Å². The lowest BCUT2D eigenvalue weighted by molar-refractivity contribution is -0.136.